The van der Waals surface area contributed by atoms with E-state index in [1.807, 2.05) is 32.1 Å². The first-order chi connectivity index (χ1) is 15.9. The van der Waals surface area contributed by atoms with Crippen molar-refractivity contribution in [3.63, 3.8) is 0 Å². The minimum Gasteiger partial charge on any atom is -0.507 e. The summed E-state index contributed by atoms with van der Waals surface area (Å²) in [5, 5.41) is 41.4. The molecule has 4 N–H and O–H groups in total. The van der Waals surface area contributed by atoms with Gasteiger partial charge < -0.3 is 20.4 Å². The van der Waals surface area contributed by atoms with Crippen molar-refractivity contribution < 1.29 is 30.0 Å². The van der Waals surface area contributed by atoms with E-state index in [-0.39, 0.29) is 37.2 Å². The van der Waals surface area contributed by atoms with Crippen molar-refractivity contribution in [1.29, 1.82) is 0 Å². The molecule has 4 atom stereocenters. The van der Waals surface area contributed by atoms with Gasteiger partial charge in [0.2, 0.25) is 11.8 Å². The number of imide groups is 1. The summed E-state index contributed by atoms with van der Waals surface area (Å²) in [6, 6.07) is 7.05. The first kappa shape index (κ1) is 25.1. The highest BCUT2D eigenvalue weighted by Crippen LogP contribution is 2.46. The number of para-hydroxylation sites is 1. The first-order valence-corrected chi connectivity index (χ1v) is 11.8. The number of phenols is 1. The molecule has 33 heavy (non-hydrogen) atoms. The Hall–Kier alpha value is -2.48. The van der Waals surface area contributed by atoms with E-state index in [9.17, 15) is 30.0 Å². The molecule has 1 aliphatic carbocycles. The number of fused-ring (bicyclic) bond motifs is 1. The Morgan fingerprint density at radius 3 is 2.52 bits per heavy atom. The molecule has 1 aromatic rings. The number of benzene rings is 1. The molecule has 1 fully saturated rings. The number of amides is 2. The zero-order valence-electron chi connectivity index (χ0n) is 19.4. The maximum absolute atomic E-state index is 13.0. The van der Waals surface area contributed by atoms with E-state index < -0.39 is 23.9 Å². The van der Waals surface area contributed by atoms with Gasteiger partial charge in [0.1, 0.15) is 5.75 Å². The number of carbonyl (C=O) groups excluding carboxylic acids is 2. The molecule has 0 unspecified atom stereocenters. The molecule has 0 saturated carbocycles. The molecule has 2 amide bonds. The van der Waals surface area contributed by atoms with Crippen LogP contribution in [0.3, 0.4) is 0 Å². The van der Waals surface area contributed by atoms with Crippen molar-refractivity contribution in [1.82, 2.24) is 4.90 Å². The van der Waals surface area contributed by atoms with E-state index in [2.05, 4.69) is 0 Å². The quantitative estimate of drug-likeness (QED) is 0.317. The van der Waals surface area contributed by atoms with Gasteiger partial charge in [-0.25, -0.2) is 0 Å². The number of allylic oxidation sites excluding steroid dienone is 1. The molecule has 0 aromatic heterocycles. The predicted octanol–water partition coefficient (Wildman–Crippen LogP) is 2.64. The van der Waals surface area contributed by atoms with Gasteiger partial charge in [0.05, 0.1) is 31.2 Å². The van der Waals surface area contributed by atoms with Crippen LogP contribution in [0.15, 0.2) is 41.0 Å². The highest BCUT2D eigenvalue weighted by atomic mass is 16.3. The molecule has 0 bridgehead atoms. The van der Waals surface area contributed by atoms with Gasteiger partial charge in [-0.15, -0.1) is 0 Å². The fraction of sp³-hybridized carbons (Fsp3) is 0.538. The molecule has 0 spiro atoms. The molecule has 1 heterocycles. The van der Waals surface area contributed by atoms with Crippen LogP contribution in [0.4, 0.5) is 0 Å². The molecule has 7 heteroatoms. The van der Waals surface area contributed by atoms with Gasteiger partial charge in [0.25, 0.3) is 0 Å². The summed E-state index contributed by atoms with van der Waals surface area (Å²) in [5.74, 6) is -2.33. The van der Waals surface area contributed by atoms with Crippen LogP contribution in [-0.2, 0) is 9.59 Å². The lowest BCUT2D eigenvalue weighted by Crippen LogP contribution is -2.39. The van der Waals surface area contributed by atoms with Crippen molar-refractivity contribution in [2.45, 2.75) is 52.1 Å². The van der Waals surface area contributed by atoms with Crippen molar-refractivity contribution in [3.8, 4) is 5.75 Å². The van der Waals surface area contributed by atoms with Crippen LogP contribution in [0.1, 0.15) is 51.5 Å². The number of aliphatic hydroxyl groups is 3. The Bertz CT molecular complexity index is 936. The minimum absolute atomic E-state index is 0.189. The molecule has 3 rings (SSSR count). The van der Waals surface area contributed by atoms with Gasteiger partial charge in [-0.2, -0.15) is 0 Å². The number of hydrogen-bond acceptors (Lipinski definition) is 6. The van der Waals surface area contributed by atoms with Gasteiger partial charge >= 0.3 is 0 Å². The van der Waals surface area contributed by atoms with Crippen molar-refractivity contribution in [3.05, 3.63) is 46.5 Å². The average Bonchev–Trinajstić information content (AvgIpc) is 3.06. The van der Waals surface area contributed by atoms with Crippen LogP contribution in [-0.4, -0.2) is 63.0 Å². The number of hydrogen-bond donors (Lipinski definition) is 4. The molecule has 2 aliphatic rings. The third-order valence-corrected chi connectivity index (χ3v) is 6.96. The maximum atomic E-state index is 13.0. The second kappa shape index (κ2) is 11.1. The smallest absolute Gasteiger partial charge is 0.233 e. The molecule has 180 valence electrons. The number of carbonyl (C=O) groups is 2. The topological polar surface area (TPSA) is 118 Å². The number of rotatable bonds is 10. The van der Waals surface area contributed by atoms with Crippen molar-refractivity contribution in [2.24, 2.45) is 17.8 Å². The number of phenolic OH excluding ortho intramolecular Hbond substituents is 1. The summed E-state index contributed by atoms with van der Waals surface area (Å²) in [6.45, 7) is 3.54. The van der Waals surface area contributed by atoms with Crippen LogP contribution in [0.25, 0.3) is 6.08 Å². The summed E-state index contributed by atoms with van der Waals surface area (Å²) >= 11 is 0. The summed E-state index contributed by atoms with van der Waals surface area (Å²) < 4.78 is 0. The highest BCUT2D eigenvalue weighted by Gasteiger charge is 2.54. The molecule has 1 saturated heterocycles. The Labute approximate surface area is 195 Å². The monoisotopic (exact) mass is 457 g/mol. The summed E-state index contributed by atoms with van der Waals surface area (Å²) in [5.41, 5.74) is 2.79. The van der Waals surface area contributed by atoms with E-state index in [0.717, 1.165) is 12.0 Å². The molecule has 7 nitrogen and oxygen atoms in total. The summed E-state index contributed by atoms with van der Waals surface area (Å²) in [6.07, 6.45) is 3.47. The van der Waals surface area contributed by atoms with Crippen LogP contribution in [0.5, 0.6) is 5.75 Å². The average molecular weight is 458 g/mol. The van der Waals surface area contributed by atoms with Gasteiger partial charge in [-0.05, 0) is 49.3 Å². The number of likely N-dealkylation sites (tertiary alicyclic amines) is 1. The second-order valence-corrected chi connectivity index (χ2v) is 8.94. The largest absolute Gasteiger partial charge is 0.507 e. The highest BCUT2D eigenvalue weighted by molar-refractivity contribution is 6.05. The van der Waals surface area contributed by atoms with Crippen LogP contribution >= 0.6 is 0 Å². The lowest BCUT2D eigenvalue weighted by Gasteiger charge is -2.36. The summed E-state index contributed by atoms with van der Waals surface area (Å²) in [4.78, 5) is 27.1. The normalized spacial score (nSPS) is 24.5. The second-order valence-electron chi connectivity index (χ2n) is 8.94. The van der Waals surface area contributed by atoms with Crippen molar-refractivity contribution in [2.75, 3.05) is 19.8 Å². The molecule has 1 aromatic carbocycles. The zero-order valence-corrected chi connectivity index (χ0v) is 19.4. The lowest BCUT2D eigenvalue weighted by atomic mass is 9.68. The molecular weight excluding hydrogens is 422 g/mol. The Kier molecular flexibility index (Phi) is 8.46. The van der Waals surface area contributed by atoms with Crippen LogP contribution in [0, 0.1) is 17.8 Å². The third-order valence-electron chi connectivity index (χ3n) is 6.96. The van der Waals surface area contributed by atoms with Gasteiger partial charge in [0.15, 0.2) is 0 Å². The van der Waals surface area contributed by atoms with Gasteiger partial charge in [0, 0.05) is 18.0 Å². The number of nitrogens with zero attached hydrogens (tertiary/aromatic N) is 1. The number of aliphatic hydroxyl groups excluding tert-OH is 3. The SMILES string of the molecule is CCCN1C(=O)[C@@H]2[C@@H](CC(CO)=C([C@H](O)CC/C(=C/c3ccccc3O)CC)[C@@H]2CO)C1=O. The molecular formula is C26H35NO6. The third kappa shape index (κ3) is 5.05. The van der Waals surface area contributed by atoms with E-state index in [0.29, 0.717) is 42.5 Å². The zero-order chi connectivity index (χ0) is 24.1. The Morgan fingerprint density at radius 1 is 1.18 bits per heavy atom. The summed E-state index contributed by atoms with van der Waals surface area (Å²) in [7, 11) is 0. The Balaban J connectivity index is 1.83. The van der Waals surface area contributed by atoms with E-state index in [1.165, 1.54) is 4.90 Å². The van der Waals surface area contributed by atoms with E-state index >= 15 is 0 Å². The van der Waals surface area contributed by atoms with Gasteiger partial charge in [-0.3, -0.25) is 14.5 Å². The minimum atomic E-state index is -0.951. The fourth-order valence-corrected chi connectivity index (χ4v) is 5.27. The maximum Gasteiger partial charge on any atom is 0.233 e. The standard InChI is InChI=1S/C26H35NO6/c1-3-11-27-25(32)19-13-18(14-28)23(20(15-29)24(19)26(27)33)22(31)10-9-16(4-2)12-17-7-5-6-8-21(17)30/h5-8,12,19-20,22,24,28-31H,3-4,9-11,13-15H2,1-2H3/b16-12+/t19-,20+,22-,24-/m1/s1. The Morgan fingerprint density at radius 2 is 1.91 bits per heavy atom. The fourth-order valence-electron chi connectivity index (χ4n) is 5.27. The van der Waals surface area contributed by atoms with Crippen LogP contribution in [0.2, 0.25) is 0 Å². The lowest BCUT2D eigenvalue weighted by molar-refractivity contribution is -0.140. The van der Waals surface area contributed by atoms with E-state index in [4.69, 9.17) is 0 Å². The van der Waals surface area contributed by atoms with Gasteiger partial charge in [-0.1, -0.05) is 43.7 Å². The number of aromatic hydroxyl groups is 1. The molecule has 0 radical (unpaired) electrons. The predicted molar refractivity (Wildman–Crippen MR) is 125 cm³/mol. The van der Waals surface area contributed by atoms with Crippen LogP contribution < -0.4 is 0 Å². The molecule has 1 aliphatic heterocycles. The van der Waals surface area contributed by atoms with E-state index in [1.54, 1.807) is 12.1 Å². The first-order valence-electron chi connectivity index (χ1n) is 11.8. The van der Waals surface area contributed by atoms with Crippen molar-refractivity contribution >= 4 is 17.9 Å².